The molecule has 2 aromatic carbocycles. The number of ether oxygens (including phenoxy) is 3. The highest BCUT2D eigenvalue weighted by Gasteiger charge is 2.20. The minimum Gasteiger partial charge on any atom is -0.495 e. The molecule has 0 aromatic heterocycles. The topological polar surface area (TPSA) is 73.9 Å². The smallest absolute Gasteiger partial charge is 0.344 e. The Morgan fingerprint density at radius 3 is 2.54 bits per heavy atom. The van der Waals surface area contributed by atoms with Crippen molar-refractivity contribution in [1.29, 1.82) is 0 Å². The fraction of sp³-hybridized carbons (Fsp3) is 0.222. The molecule has 0 aliphatic heterocycles. The minimum absolute atomic E-state index is 0.354. The molecule has 0 heterocycles. The van der Waals surface area contributed by atoms with Gasteiger partial charge in [-0.05, 0) is 37.3 Å². The van der Waals surface area contributed by atoms with Crippen LogP contribution in [0.15, 0.2) is 42.5 Å². The van der Waals surface area contributed by atoms with E-state index < -0.39 is 18.0 Å². The molecule has 0 saturated heterocycles. The van der Waals surface area contributed by atoms with Gasteiger partial charge in [0.05, 0.1) is 17.8 Å². The maximum atomic E-state index is 12.2. The zero-order chi connectivity index (χ0) is 19.1. The lowest BCUT2D eigenvalue weighted by Gasteiger charge is -2.15. The monoisotopic (exact) mass is 397 g/mol. The quantitative estimate of drug-likeness (QED) is 0.715. The first-order valence-corrected chi connectivity index (χ1v) is 8.37. The van der Waals surface area contributed by atoms with Crippen LogP contribution in [0.1, 0.15) is 6.92 Å². The van der Waals surface area contributed by atoms with E-state index in [9.17, 15) is 9.59 Å². The predicted molar refractivity (Wildman–Crippen MR) is 99.1 cm³/mol. The van der Waals surface area contributed by atoms with Gasteiger partial charge in [0, 0.05) is 5.02 Å². The van der Waals surface area contributed by atoms with Gasteiger partial charge in [0.1, 0.15) is 11.5 Å². The van der Waals surface area contributed by atoms with Crippen molar-refractivity contribution in [2.24, 2.45) is 0 Å². The van der Waals surface area contributed by atoms with Crippen LogP contribution >= 0.6 is 23.2 Å². The van der Waals surface area contributed by atoms with Gasteiger partial charge < -0.3 is 19.5 Å². The van der Waals surface area contributed by atoms with Crippen LogP contribution in [0.2, 0.25) is 10.0 Å². The average Bonchev–Trinajstić information content (AvgIpc) is 2.61. The molecule has 2 aromatic rings. The second kappa shape index (κ2) is 9.31. The van der Waals surface area contributed by atoms with Crippen molar-refractivity contribution in [3.8, 4) is 11.5 Å². The van der Waals surface area contributed by atoms with E-state index in [2.05, 4.69) is 5.32 Å². The van der Waals surface area contributed by atoms with E-state index in [1.165, 1.54) is 20.1 Å². The summed E-state index contributed by atoms with van der Waals surface area (Å²) in [6.07, 6.45) is -1.04. The number of nitrogens with one attached hydrogen (secondary N) is 1. The van der Waals surface area contributed by atoms with E-state index in [0.29, 0.717) is 27.2 Å². The highest BCUT2D eigenvalue weighted by molar-refractivity contribution is 6.32. The normalized spacial score (nSPS) is 11.4. The van der Waals surface area contributed by atoms with Gasteiger partial charge in [0.25, 0.3) is 5.91 Å². The maximum Gasteiger partial charge on any atom is 0.344 e. The third kappa shape index (κ3) is 5.54. The Morgan fingerprint density at radius 2 is 1.85 bits per heavy atom. The average molecular weight is 398 g/mol. The summed E-state index contributed by atoms with van der Waals surface area (Å²) in [6, 6.07) is 11.5. The van der Waals surface area contributed by atoms with Crippen molar-refractivity contribution in [1.82, 2.24) is 0 Å². The highest BCUT2D eigenvalue weighted by Crippen LogP contribution is 2.28. The van der Waals surface area contributed by atoms with Crippen LogP contribution in [-0.2, 0) is 14.3 Å². The number of rotatable bonds is 7. The van der Waals surface area contributed by atoms with Gasteiger partial charge in [-0.3, -0.25) is 4.79 Å². The molecule has 26 heavy (non-hydrogen) atoms. The molecule has 6 nitrogen and oxygen atoms in total. The van der Waals surface area contributed by atoms with Gasteiger partial charge in [-0.15, -0.1) is 0 Å². The summed E-state index contributed by atoms with van der Waals surface area (Å²) < 4.78 is 15.5. The van der Waals surface area contributed by atoms with Gasteiger partial charge in [0.2, 0.25) is 0 Å². The molecule has 0 aliphatic rings. The van der Waals surface area contributed by atoms with Crippen LogP contribution in [0.3, 0.4) is 0 Å². The Morgan fingerprint density at radius 1 is 1.12 bits per heavy atom. The largest absolute Gasteiger partial charge is 0.495 e. The van der Waals surface area contributed by atoms with E-state index in [4.69, 9.17) is 37.4 Å². The Labute approximate surface area is 160 Å². The summed E-state index contributed by atoms with van der Waals surface area (Å²) >= 11 is 11.8. The SMILES string of the molecule is COc1ccc(Cl)cc1NC(=O)[C@@H](C)OC(=O)COc1ccccc1Cl. The zero-order valence-electron chi connectivity index (χ0n) is 14.1. The fourth-order valence-electron chi connectivity index (χ4n) is 2.00. The number of amides is 1. The van der Waals surface area contributed by atoms with Gasteiger partial charge in [-0.25, -0.2) is 4.79 Å². The molecule has 138 valence electrons. The molecule has 0 bridgehead atoms. The van der Waals surface area contributed by atoms with Crippen molar-refractivity contribution in [2.75, 3.05) is 19.0 Å². The molecule has 0 unspecified atom stereocenters. The third-order valence-electron chi connectivity index (χ3n) is 3.28. The summed E-state index contributed by atoms with van der Waals surface area (Å²) in [5, 5.41) is 3.41. The van der Waals surface area contributed by atoms with Crippen LogP contribution in [0.25, 0.3) is 0 Å². The first-order valence-electron chi connectivity index (χ1n) is 7.62. The number of benzene rings is 2. The summed E-state index contributed by atoms with van der Waals surface area (Å²) in [4.78, 5) is 24.1. The highest BCUT2D eigenvalue weighted by atomic mass is 35.5. The van der Waals surface area contributed by atoms with E-state index >= 15 is 0 Å². The Hall–Kier alpha value is -2.44. The molecular weight excluding hydrogens is 381 g/mol. The van der Waals surface area contributed by atoms with Crippen LogP contribution in [0, 0.1) is 0 Å². The van der Waals surface area contributed by atoms with Gasteiger partial charge in [-0.2, -0.15) is 0 Å². The molecule has 0 radical (unpaired) electrons. The van der Waals surface area contributed by atoms with Crippen LogP contribution in [0.5, 0.6) is 11.5 Å². The number of esters is 1. The summed E-state index contributed by atoms with van der Waals surface area (Å²) in [6.45, 7) is 1.07. The van der Waals surface area contributed by atoms with Crippen molar-refractivity contribution in [2.45, 2.75) is 13.0 Å². The van der Waals surface area contributed by atoms with Crippen LogP contribution in [0.4, 0.5) is 5.69 Å². The number of para-hydroxylation sites is 1. The number of carbonyl (C=O) groups is 2. The Bertz CT molecular complexity index is 797. The summed E-state index contributed by atoms with van der Waals surface area (Å²) in [5.74, 6) is -0.447. The summed E-state index contributed by atoms with van der Waals surface area (Å²) in [7, 11) is 1.47. The first kappa shape index (κ1) is 19.9. The lowest BCUT2D eigenvalue weighted by Crippen LogP contribution is -2.31. The lowest BCUT2D eigenvalue weighted by molar-refractivity contribution is -0.155. The van der Waals surface area contributed by atoms with Crippen LogP contribution in [-0.4, -0.2) is 31.7 Å². The zero-order valence-corrected chi connectivity index (χ0v) is 15.6. The molecule has 0 fully saturated rings. The molecule has 0 aliphatic carbocycles. The molecule has 0 spiro atoms. The second-order valence-corrected chi connectivity index (χ2v) is 6.03. The van der Waals surface area contributed by atoms with Crippen molar-refractivity contribution in [3.63, 3.8) is 0 Å². The number of hydrogen-bond acceptors (Lipinski definition) is 5. The lowest BCUT2D eigenvalue weighted by atomic mass is 10.2. The standard InChI is InChI=1S/C18H17Cl2NO5/c1-11(18(23)21-14-9-12(19)7-8-16(14)24-2)26-17(22)10-25-15-6-4-3-5-13(15)20/h3-9,11H,10H2,1-2H3,(H,21,23)/t11-/m1/s1. The van der Waals surface area contributed by atoms with Gasteiger partial charge in [0.15, 0.2) is 12.7 Å². The molecule has 0 saturated carbocycles. The molecule has 8 heteroatoms. The Balaban J connectivity index is 1.89. The maximum absolute atomic E-state index is 12.2. The molecular formula is C18H17Cl2NO5. The first-order chi connectivity index (χ1) is 12.4. The number of anilines is 1. The Kier molecular flexibility index (Phi) is 7.12. The number of halogens is 2. The number of methoxy groups -OCH3 is 1. The van der Waals surface area contributed by atoms with Crippen molar-refractivity contribution < 1.29 is 23.8 Å². The van der Waals surface area contributed by atoms with Crippen molar-refractivity contribution in [3.05, 3.63) is 52.5 Å². The predicted octanol–water partition coefficient (Wildman–Crippen LogP) is 3.95. The van der Waals surface area contributed by atoms with Gasteiger partial charge >= 0.3 is 5.97 Å². The van der Waals surface area contributed by atoms with E-state index in [0.717, 1.165) is 0 Å². The molecule has 1 atom stereocenters. The second-order valence-electron chi connectivity index (χ2n) is 5.19. The molecule has 1 amide bonds. The third-order valence-corrected chi connectivity index (χ3v) is 3.83. The minimum atomic E-state index is -1.04. The van der Waals surface area contributed by atoms with E-state index in [1.807, 2.05) is 0 Å². The fourth-order valence-corrected chi connectivity index (χ4v) is 2.36. The number of carbonyl (C=O) groups excluding carboxylic acids is 2. The molecule has 2 rings (SSSR count). The summed E-state index contributed by atoms with van der Waals surface area (Å²) in [5.41, 5.74) is 0.375. The van der Waals surface area contributed by atoms with E-state index in [-0.39, 0.29) is 6.61 Å². The molecule has 1 N–H and O–H groups in total. The number of hydrogen-bond donors (Lipinski definition) is 1. The van der Waals surface area contributed by atoms with Gasteiger partial charge in [-0.1, -0.05) is 35.3 Å². The van der Waals surface area contributed by atoms with Crippen LogP contribution < -0.4 is 14.8 Å². The van der Waals surface area contributed by atoms with Crippen molar-refractivity contribution >= 4 is 40.8 Å². The van der Waals surface area contributed by atoms with E-state index in [1.54, 1.807) is 36.4 Å².